The van der Waals surface area contributed by atoms with E-state index in [9.17, 15) is 52.7 Å². The number of aromatic nitrogens is 8. The van der Waals surface area contributed by atoms with Gasteiger partial charge in [0.15, 0.2) is 34.9 Å². The highest BCUT2D eigenvalue weighted by molar-refractivity contribution is 6.14. The van der Waals surface area contributed by atoms with E-state index in [0.717, 1.165) is 0 Å². The molecule has 0 amide bonds. The SMILES string of the molecule is FC(F)(F)c1ccc(-c2ccc3c(c2)c2cc(-c4ccc(C(F)(F)F)cc4C(F)(F)F)ccc2n3-c2ccc(-c3cccc(-c4ccc(-n5c6ccc(-c7ccc(C(F)(F)F)cc7C(F)(F)F)cc6c6cc(-c7ccc(C(F)(F)F)cc7C(F)(F)F)ccc65)c(-c5nc(-c6ccccc6)nc(-c6ccccc6)n5)c4)c3)cc2-c2nc(-c3ccccc3)nc(-c3ccccc3)n2)c(C(F)(F)F)c1. The third-order valence-corrected chi connectivity index (χ3v) is 23.3. The third-order valence-electron chi connectivity index (χ3n) is 23.3. The van der Waals surface area contributed by atoms with Crippen molar-refractivity contribution in [3.05, 3.63) is 372 Å². The van der Waals surface area contributed by atoms with Crippen LogP contribution in [0.4, 0.5) is 105 Å². The summed E-state index contributed by atoms with van der Waals surface area (Å²) in [6.45, 7) is 0. The fourth-order valence-electron chi connectivity index (χ4n) is 17.0. The number of fused-ring (bicyclic) bond motifs is 6. The molecule has 0 aliphatic rings. The Hall–Kier alpha value is -15.8. The number of nitrogens with zero attached hydrogens (tertiary/aromatic N) is 8. The molecule has 0 aliphatic carbocycles. The molecule has 136 heavy (non-hydrogen) atoms. The quantitative estimate of drug-likeness (QED) is 0.101. The van der Waals surface area contributed by atoms with Gasteiger partial charge in [-0.1, -0.05) is 200 Å². The molecule has 0 fully saturated rings. The molecular formula is C104H54F24N8. The highest BCUT2D eigenvalue weighted by atomic mass is 19.4. The second kappa shape index (κ2) is 33.2. The summed E-state index contributed by atoms with van der Waals surface area (Å²) in [5, 5.41) is -0.141. The van der Waals surface area contributed by atoms with Gasteiger partial charge in [0.1, 0.15) is 0 Å². The minimum Gasteiger partial charge on any atom is -0.308 e. The smallest absolute Gasteiger partial charge is 0.308 e. The molecule has 4 aromatic heterocycles. The molecule has 0 N–H and O–H groups in total. The lowest BCUT2D eigenvalue weighted by molar-refractivity contribution is -0.144. The molecule has 0 bridgehead atoms. The summed E-state index contributed by atoms with van der Waals surface area (Å²) >= 11 is 0. The Bertz CT molecular complexity index is 7110. The van der Waals surface area contributed by atoms with Crippen LogP contribution < -0.4 is 0 Å². The highest BCUT2D eigenvalue weighted by Crippen LogP contribution is 2.52. The Labute approximate surface area is 752 Å². The van der Waals surface area contributed by atoms with Gasteiger partial charge in [-0.2, -0.15) is 105 Å². The number of rotatable bonds is 14. The Balaban J connectivity index is 0.850. The van der Waals surface area contributed by atoms with Crippen molar-refractivity contribution in [2.24, 2.45) is 0 Å². The van der Waals surface area contributed by atoms with Gasteiger partial charge in [-0.15, -0.1) is 0 Å². The molecule has 8 nitrogen and oxygen atoms in total. The van der Waals surface area contributed by atoms with Crippen molar-refractivity contribution in [3.63, 3.8) is 0 Å². The molecule has 0 radical (unpaired) electrons. The first-order chi connectivity index (χ1) is 64.4. The van der Waals surface area contributed by atoms with Crippen molar-refractivity contribution >= 4 is 43.6 Å². The fraction of sp³-hybridized carbons (Fsp3) is 0.0769. The second-order valence-electron chi connectivity index (χ2n) is 31.7. The van der Waals surface area contributed by atoms with Gasteiger partial charge in [0.2, 0.25) is 0 Å². The van der Waals surface area contributed by atoms with Gasteiger partial charge in [0.05, 0.1) is 77.9 Å². The Kier molecular flexibility index (Phi) is 21.8. The number of alkyl halides is 24. The van der Waals surface area contributed by atoms with Crippen LogP contribution >= 0.6 is 0 Å². The van der Waals surface area contributed by atoms with E-state index in [0.29, 0.717) is 93.0 Å². The average molecular weight is 1870 g/mol. The van der Waals surface area contributed by atoms with Crippen LogP contribution in [0.2, 0.25) is 0 Å². The molecule has 678 valence electrons. The number of halogens is 24. The van der Waals surface area contributed by atoms with Crippen LogP contribution in [0.3, 0.4) is 0 Å². The van der Waals surface area contributed by atoms with Crippen LogP contribution in [-0.2, 0) is 49.4 Å². The van der Waals surface area contributed by atoms with Crippen LogP contribution in [0.25, 0.3) is 190 Å². The maximum absolute atomic E-state index is 15.2. The third kappa shape index (κ3) is 17.1. The monoisotopic (exact) mass is 1870 g/mol. The largest absolute Gasteiger partial charge is 0.417 e. The van der Waals surface area contributed by atoms with E-state index in [1.165, 1.54) is 72.8 Å². The maximum Gasteiger partial charge on any atom is 0.417 e. The van der Waals surface area contributed by atoms with Gasteiger partial charge in [-0.05, 0) is 194 Å². The van der Waals surface area contributed by atoms with E-state index in [-0.39, 0.29) is 148 Å². The molecule has 0 saturated heterocycles. The molecule has 0 spiro atoms. The number of hydrogen-bond donors (Lipinski definition) is 0. The molecule has 19 rings (SSSR count). The van der Waals surface area contributed by atoms with Crippen molar-refractivity contribution in [2.45, 2.75) is 49.4 Å². The Morgan fingerprint density at radius 2 is 0.368 bits per heavy atom. The lowest BCUT2D eigenvalue weighted by Gasteiger charge is -2.18. The van der Waals surface area contributed by atoms with Crippen molar-refractivity contribution in [3.8, 4) is 146 Å². The van der Waals surface area contributed by atoms with E-state index in [4.69, 9.17) is 29.9 Å². The van der Waals surface area contributed by atoms with Gasteiger partial charge in [-0.3, -0.25) is 0 Å². The zero-order valence-electron chi connectivity index (χ0n) is 68.8. The zero-order valence-corrected chi connectivity index (χ0v) is 68.8. The highest BCUT2D eigenvalue weighted by Gasteiger charge is 2.44. The first-order valence-corrected chi connectivity index (χ1v) is 40.9. The minimum atomic E-state index is -5.43. The van der Waals surface area contributed by atoms with Crippen LogP contribution in [-0.4, -0.2) is 39.0 Å². The van der Waals surface area contributed by atoms with E-state index < -0.39 is 116 Å². The normalized spacial score (nSPS) is 12.7. The van der Waals surface area contributed by atoms with Crippen LogP contribution in [0.5, 0.6) is 0 Å². The topological polar surface area (TPSA) is 87.2 Å². The van der Waals surface area contributed by atoms with Crippen LogP contribution in [0.1, 0.15) is 44.5 Å². The molecule has 19 aromatic rings. The molecule has 0 aliphatic heterocycles. The van der Waals surface area contributed by atoms with Gasteiger partial charge in [-0.25, -0.2) is 29.9 Å². The number of hydrogen-bond acceptors (Lipinski definition) is 6. The van der Waals surface area contributed by atoms with Crippen molar-refractivity contribution in [1.82, 2.24) is 39.0 Å². The van der Waals surface area contributed by atoms with Gasteiger partial charge in [0, 0.05) is 54.9 Å². The summed E-state index contributed by atoms with van der Waals surface area (Å²) in [6.07, 6.45) is -42.7. The van der Waals surface area contributed by atoms with Crippen LogP contribution in [0, 0.1) is 0 Å². The summed E-state index contributed by atoms with van der Waals surface area (Å²) in [6, 6.07) is 70.2. The lowest BCUT2D eigenvalue weighted by Crippen LogP contribution is -2.12. The molecule has 0 atom stereocenters. The van der Waals surface area contributed by atoms with Crippen LogP contribution in [0.15, 0.2) is 328 Å². The van der Waals surface area contributed by atoms with Crippen molar-refractivity contribution in [2.75, 3.05) is 0 Å². The number of benzene rings is 15. The standard InChI is InChI=1S/C104H54F24N8/c105-97(106,107)67-30-34-71(81(51-67)101(117,118)119)63-26-40-85-75(47-63)76-48-64(72-35-31-68(98(108,109)110)52-82(72)102(120,121)122)27-41-86(76)135(85)89-38-24-61(45-79(89)95-131-91(55-14-5-1-6-15-55)129-92(132-95)56-16-7-2-8-17-56)59-22-13-23-60(44-59)62-25-39-90(80(46-62)96-133-93(57-18-9-3-10-19-57)130-94(134-96)58-20-11-4-12-21-58)136-87-42-28-65(73-36-32-69(99(111,112)113)53-83(73)103(123,124)125)49-77(87)78-50-66(29-43-88(78)136)74-37-33-70(100(114,115)116)54-84(74)104(126,127)128/h1-54H. The van der Waals surface area contributed by atoms with E-state index in [2.05, 4.69) is 0 Å². The fourth-order valence-corrected chi connectivity index (χ4v) is 17.0. The summed E-state index contributed by atoms with van der Waals surface area (Å²) in [5.74, 6) is 0.344. The first-order valence-electron chi connectivity index (χ1n) is 40.9. The molecule has 32 heteroatoms. The summed E-state index contributed by atoms with van der Waals surface area (Å²) in [5.41, 5.74) is -13.3. The first kappa shape index (κ1) is 89.5. The predicted molar refractivity (Wildman–Crippen MR) is 467 cm³/mol. The molecule has 0 unspecified atom stereocenters. The maximum atomic E-state index is 15.2. The molecule has 0 saturated carbocycles. The van der Waals surface area contributed by atoms with Gasteiger partial charge in [0.25, 0.3) is 0 Å². The summed E-state index contributed by atoms with van der Waals surface area (Å²) < 4.78 is 357. The zero-order chi connectivity index (χ0) is 95.8. The minimum absolute atomic E-state index is 0.0352. The Morgan fingerprint density at radius 1 is 0.154 bits per heavy atom. The predicted octanol–water partition coefficient (Wildman–Crippen LogP) is 32.4. The lowest BCUT2D eigenvalue weighted by atomic mass is 9.94. The Morgan fingerprint density at radius 3 is 0.596 bits per heavy atom. The van der Waals surface area contributed by atoms with E-state index in [1.54, 1.807) is 191 Å². The van der Waals surface area contributed by atoms with E-state index in [1.807, 2.05) is 0 Å². The summed E-state index contributed by atoms with van der Waals surface area (Å²) in [4.78, 5) is 30.3. The molecule has 4 heterocycles. The van der Waals surface area contributed by atoms with E-state index >= 15 is 52.7 Å². The molecular weight excluding hydrogens is 1820 g/mol. The second-order valence-corrected chi connectivity index (χ2v) is 31.7. The summed E-state index contributed by atoms with van der Waals surface area (Å²) in [7, 11) is 0. The van der Waals surface area contributed by atoms with Gasteiger partial charge < -0.3 is 9.13 Å². The molecule has 15 aromatic carbocycles. The average Bonchev–Trinajstić information content (AvgIpc) is 1.57. The van der Waals surface area contributed by atoms with Gasteiger partial charge >= 0.3 is 49.4 Å². The van der Waals surface area contributed by atoms with Crippen molar-refractivity contribution in [1.29, 1.82) is 0 Å². The van der Waals surface area contributed by atoms with Crippen molar-refractivity contribution < 1.29 is 105 Å².